The molecule has 1 aromatic carbocycles. The maximum atomic E-state index is 12.6. The molecule has 142 valence electrons. The molecule has 7 nitrogen and oxygen atoms in total. The first kappa shape index (κ1) is 17.9. The van der Waals surface area contributed by atoms with Crippen LogP contribution in [0.4, 0.5) is 5.95 Å². The zero-order chi connectivity index (χ0) is 19.5. The number of hydrogen-bond acceptors (Lipinski definition) is 5. The number of nitrogens with one attached hydrogen (secondary N) is 1. The zero-order valence-corrected chi connectivity index (χ0v) is 15.6. The summed E-state index contributed by atoms with van der Waals surface area (Å²) in [5.41, 5.74) is 1.99. The maximum absolute atomic E-state index is 12.6. The van der Waals surface area contributed by atoms with E-state index in [1.54, 1.807) is 19.4 Å². The van der Waals surface area contributed by atoms with Crippen molar-refractivity contribution in [1.82, 2.24) is 19.4 Å². The first-order valence-electron chi connectivity index (χ1n) is 9.21. The van der Waals surface area contributed by atoms with Crippen molar-refractivity contribution < 1.29 is 4.79 Å². The van der Waals surface area contributed by atoms with E-state index in [9.17, 15) is 9.59 Å². The standard InChI is InChI=1S/C21H21N5O2/c1-25-19(27)13-18(15-7-10-22-11-8-15)24-21(25)23-17-9-12-26(14-17)20(28)16-5-3-2-4-6-16/h2-8,10-11,13,17H,9,12,14H2,1H3,(H,23,24). The molecule has 1 fully saturated rings. The van der Waals surface area contributed by atoms with Crippen LogP contribution in [0.1, 0.15) is 16.8 Å². The highest BCUT2D eigenvalue weighted by Gasteiger charge is 2.27. The van der Waals surface area contributed by atoms with E-state index in [4.69, 9.17) is 0 Å². The summed E-state index contributed by atoms with van der Waals surface area (Å²) in [6.45, 7) is 1.24. The number of hydrogen-bond donors (Lipinski definition) is 1. The molecule has 0 bridgehead atoms. The molecular weight excluding hydrogens is 354 g/mol. The Morgan fingerprint density at radius 3 is 2.64 bits per heavy atom. The van der Waals surface area contributed by atoms with Crippen LogP contribution in [-0.4, -0.2) is 44.5 Å². The Hall–Kier alpha value is -3.48. The number of benzene rings is 1. The van der Waals surface area contributed by atoms with Gasteiger partial charge in [-0.2, -0.15) is 0 Å². The third-order valence-corrected chi connectivity index (χ3v) is 4.94. The van der Waals surface area contributed by atoms with Gasteiger partial charge in [-0.3, -0.25) is 19.1 Å². The number of nitrogens with zero attached hydrogens (tertiary/aromatic N) is 4. The van der Waals surface area contributed by atoms with E-state index < -0.39 is 0 Å². The fraction of sp³-hybridized carbons (Fsp3) is 0.238. The Bertz CT molecular complexity index is 1030. The van der Waals surface area contributed by atoms with E-state index in [-0.39, 0.29) is 17.5 Å². The molecule has 0 aliphatic carbocycles. The van der Waals surface area contributed by atoms with Gasteiger partial charge in [0.2, 0.25) is 5.95 Å². The summed E-state index contributed by atoms with van der Waals surface area (Å²) in [4.78, 5) is 35.4. The Morgan fingerprint density at radius 1 is 1.14 bits per heavy atom. The summed E-state index contributed by atoms with van der Waals surface area (Å²) in [5, 5.41) is 3.34. The van der Waals surface area contributed by atoms with E-state index in [1.807, 2.05) is 47.4 Å². The van der Waals surface area contributed by atoms with Gasteiger partial charge in [0.15, 0.2) is 0 Å². The second-order valence-corrected chi connectivity index (χ2v) is 6.85. The molecule has 1 saturated heterocycles. The molecule has 1 aliphatic heterocycles. The lowest BCUT2D eigenvalue weighted by Gasteiger charge is -2.19. The highest BCUT2D eigenvalue weighted by atomic mass is 16.2. The highest BCUT2D eigenvalue weighted by molar-refractivity contribution is 5.94. The van der Waals surface area contributed by atoms with E-state index >= 15 is 0 Å². The van der Waals surface area contributed by atoms with Gasteiger partial charge in [0, 0.05) is 55.8 Å². The molecule has 1 N–H and O–H groups in total. The fourth-order valence-corrected chi connectivity index (χ4v) is 3.35. The van der Waals surface area contributed by atoms with Crippen molar-refractivity contribution in [1.29, 1.82) is 0 Å². The lowest BCUT2D eigenvalue weighted by molar-refractivity contribution is 0.0791. The molecule has 0 saturated carbocycles. The van der Waals surface area contributed by atoms with Crippen LogP contribution in [-0.2, 0) is 7.05 Å². The van der Waals surface area contributed by atoms with E-state index in [2.05, 4.69) is 15.3 Å². The average Bonchev–Trinajstić information content (AvgIpc) is 3.20. The Kier molecular flexibility index (Phi) is 4.89. The number of pyridine rings is 1. The molecule has 3 aromatic rings. The Balaban J connectivity index is 1.51. The smallest absolute Gasteiger partial charge is 0.255 e. The van der Waals surface area contributed by atoms with Gasteiger partial charge in [-0.05, 0) is 30.7 Å². The van der Waals surface area contributed by atoms with Crippen molar-refractivity contribution in [2.75, 3.05) is 18.4 Å². The molecule has 7 heteroatoms. The summed E-state index contributed by atoms with van der Waals surface area (Å²) < 4.78 is 1.49. The molecule has 0 radical (unpaired) electrons. The van der Waals surface area contributed by atoms with E-state index in [0.29, 0.717) is 30.3 Å². The molecule has 1 atom stereocenters. The minimum absolute atomic E-state index is 0.0253. The van der Waals surface area contributed by atoms with Crippen LogP contribution in [0.25, 0.3) is 11.3 Å². The van der Waals surface area contributed by atoms with Gasteiger partial charge in [0.1, 0.15) is 0 Å². The molecule has 1 amide bonds. The van der Waals surface area contributed by atoms with Crippen LogP contribution < -0.4 is 10.9 Å². The fourth-order valence-electron chi connectivity index (χ4n) is 3.35. The molecule has 4 rings (SSSR count). The summed E-state index contributed by atoms with van der Waals surface area (Å²) in [6.07, 6.45) is 4.14. The van der Waals surface area contributed by atoms with Crippen LogP contribution in [0.5, 0.6) is 0 Å². The minimum atomic E-state index is -0.139. The normalized spacial score (nSPS) is 16.2. The van der Waals surface area contributed by atoms with Crippen molar-refractivity contribution in [2.24, 2.45) is 7.05 Å². The average molecular weight is 375 g/mol. The number of aromatic nitrogens is 3. The minimum Gasteiger partial charge on any atom is -0.351 e. The quantitative estimate of drug-likeness (QED) is 0.756. The Morgan fingerprint density at radius 2 is 1.89 bits per heavy atom. The van der Waals surface area contributed by atoms with Crippen LogP contribution >= 0.6 is 0 Å². The van der Waals surface area contributed by atoms with Crippen molar-refractivity contribution in [3.05, 3.63) is 76.8 Å². The third-order valence-electron chi connectivity index (χ3n) is 4.94. The second-order valence-electron chi connectivity index (χ2n) is 6.85. The molecule has 28 heavy (non-hydrogen) atoms. The lowest BCUT2D eigenvalue weighted by atomic mass is 10.2. The van der Waals surface area contributed by atoms with Crippen molar-refractivity contribution in [3.63, 3.8) is 0 Å². The van der Waals surface area contributed by atoms with Crippen molar-refractivity contribution in [2.45, 2.75) is 12.5 Å². The summed E-state index contributed by atoms with van der Waals surface area (Å²) in [7, 11) is 1.69. The van der Waals surface area contributed by atoms with Gasteiger partial charge in [0.25, 0.3) is 11.5 Å². The molecule has 0 spiro atoms. The monoisotopic (exact) mass is 375 g/mol. The largest absolute Gasteiger partial charge is 0.351 e. The van der Waals surface area contributed by atoms with Gasteiger partial charge in [-0.1, -0.05) is 18.2 Å². The predicted molar refractivity (Wildman–Crippen MR) is 107 cm³/mol. The number of carbonyl (C=O) groups excluding carboxylic acids is 1. The number of carbonyl (C=O) groups is 1. The van der Waals surface area contributed by atoms with Crippen molar-refractivity contribution >= 4 is 11.9 Å². The van der Waals surface area contributed by atoms with Gasteiger partial charge in [0.05, 0.1) is 5.69 Å². The molecule has 1 aliphatic rings. The molecule has 2 aromatic heterocycles. The highest BCUT2D eigenvalue weighted by Crippen LogP contribution is 2.19. The second kappa shape index (κ2) is 7.64. The third kappa shape index (κ3) is 3.64. The molecular formula is C21H21N5O2. The van der Waals surface area contributed by atoms with Crippen molar-refractivity contribution in [3.8, 4) is 11.3 Å². The van der Waals surface area contributed by atoms with Crippen LogP contribution in [0.15, 0.2) is 65.7 Å². The van der Waals surface area contributed by atoms with Gasteiger partial charge < -0.3 is 10.2 Å². The molecule has 1 unspecified atom stereocenters. The van der Waals surface area contributed by atoms with Crippen LogP contribution in [0.3, 0.4) is 0 Å². The Labute approximate surface area is 162 Å². The first-order chi connectivity index (χ1) is 13.6. The molecule has 3 heterocycles. The zero-order valence-electron chi connectivity index (χ0n) is 15.6. The lowest BCUT2D eigenvalue weighted by Crippen LogP contribution is -2.33. The topological polar surface area (TPSA) is 80.1 Å². The van der Waals surface area contributed by atoms with Crippen LogP contribution in [0.2, 0.25) is 0 Å². The number of anilines is 1. The van der Waals surface area contributed by atoms with Gasteiger partial charge >= 0.3 is 0 Å². The number of rotatable bonds is 4. The van der Waals surface area contributed by atoms with Crippen LogP contribution in [0, 0.1) is 0 Å². The predicted octanol–water partition coefficient (Wildman–Crippen LogP) is 2.17. The van der Waals surface area contributed by atoms with E-state index in [0.717, 1.165) is 12.0 Å². The first-order valence-corrected chi connectivity index (χ1v) is 9.21. The summed E-state index contributed by atoms with van der Waals surface area (Å²) in [5.74, 6) is 0.524. The summed E-state index contributed by atoms with van der Waals surface area (Å²) >= 11 is 0. The van der Waals surface area contributed by atoms with Gasteiger partial charge in [-0.15, -0.1) is 0 Å². The van der Waals surface area contributed by atoms with Gasteiger partial charge in [-0.25, -0.2) is 4.98 Å². The maximum Gasteiger partial charge on any atom is 0.255 e. The van der Waals surface area contributed by atoms with E-state index in [1.165, 1.54) is 10.6 Å². The number of likely N-dealkylation sites (tertiary alicyclic amines) is 1. The SMILES string of the molecule is Cn1c(NC2CCN(C(=O)c3ccccc3)C2)nc(-c2ccncc2)cc1=O. The number of amides is 1. The summed E-state index contributed by atoms with van der Waals surface area (Å²) in [6, 6.07) is 14.5.